The predicted octanol–water partition coefficient (Wildman–Crippen LogP) is 2.90. The third-order valence-electron chi connectivity index (χ3n) is 3.13. The Bertz CT molecular complexity index is 639. The average Bonchev–Trinajstić information content (AvgIpc) is 2.43. The molecule has 0 radical (unpaired) electrons. The topological polar surface area (TPSA) is 38.1 Å². The van der Waals surface area contributed by atoms with Crippen LogP contribution < -0.4 is 10.5 Å². The van der Waals surface area contributed by atoms with Crippen LogP contribution in [-0.4, -0.2) is 23.4 Å². The second-order valence-electron chi connectivity index (χ2n) is 4.72. The molecule has 0 bridgehead atoms. The van der Waals surface area contributed by atoms with Crippen LogP contribution in [0.1, 0.15) is 18.9 Å². The number of rotatable bonds is 5. The molecule has 0 atom stereocenters. The van der Waals surface area contributed by atoms with Crippen molar-refractivity contribution in [2.45, 2.75) is 19.9 Å². The number of hydrogen-bond donors (Lipinski definition) is 0. The quantitative estimate of drug-likeness (QED) is 0.843. The molecule has 0 amide bonds. The molecule has 4 nitrogen and oxygen atoms in total. The third-order valence-corrected chi connectivity index (χ3v) is 3.91. The van der Waals surface area contributed by atoms with Gasteiger partial charge in [0.1, 0.15) is 0 Å². The molecule has 0 saturated heterocycles. The SMILES string of the molecule is CCCN(C)c1cnn(Cc2ccccc2Br)c(=O)c1. The summed E-state index contributed by atoms with van der Waals surface area (Å²) in [6.07, 6.45) is 2.78. The second-order valence-corrected chi connectivity index (χ2v) is 5.58. The van der Waals surface area contributed by atoms with E-state index in [0.717, 1.165) is 28.7 Å². The summed E-state index contributed by atoms with van der Waals surface area (Å²) in [5.41, 5.74) is 1.82. The fraction of sp³-hybridized carbons (Fsp3) is 0.333. The van der Waals surface area contributed by atoms with Gasteiger partial charge in [-0.2, -0.15) is 5.10 Å². The van der Waals surface area contributed by atoms with Crippen molar-refractivity contribution < 1.29 is 0 Å². The lowest BCUT2D eigenvalue weighted by molar-refractivity contribution is 0.635. The van der Waals surface area contributed by atoms with E-state index in [9.17, 15) is 4.79 Å². The molecular formula is C15H18BrN3O. The summed E-state index contributed by atoms with van der Waals surface area (Å²) in [7, 11) is 1.97. The first-order chi connectivity index (χ1) is 9.61. The maximum atomic E-state index is 12.1. The van der Waals surface area contributed by atoms with Gasteiger partial charge in [-0.1, -0.05) is 41.1 Å². The lowest BCUT2D eigenvalue weighted by atomic mass is 10.2. The number of nitrogens with zero attached hydrogens (tertiary/aromatic N) is 3. The summed E-state index contributed by atoms with van der Waals surface area (Å²) in [4.78, 5) is 14.2. The molecule has 5 heteroatoms. The first-order valence-electron chi connectivity index (χ1n) is 6.63. The van der Waals surface area contributed by atoms with Crippen LogP contribution in [0.25, 0.3) is 0 Å². The van der Waals surface area contributed by atoms with Crippen LogP contribution in [0.2, 0.25) is 0 Å². The highest BCUT2D eigenvalue weighted by molar-refractivity contribution is 9.10. The Labute approximate surface area is 127 Å². The van der Waals surface area contributed by atoms with Gasteiger partial charge >= 0.3 is 0 Å². The molecule has 0 spiro atoms. The molecule has 2 rings (SSSR count). The van der Waals surface area contributed by atoms with Gasteiger partial charge in [-0.25, -0.2) is 4.68 Å². The molecule has 1 aromatic carbocycles. The maximum Gasteiger partial charge on any atom is 0.269 e. The van der Waals surface area contributed by atoms with Gasteiger partial charge in [0.2, 0.25) is 0 Å². The summed E-state index contributed by atoms with van der Waals surface area (Å²) in [6.45, 7) is 3.49. The van der Waals surface area contributed by atoms with Crippen LogP contribution >= 0.6 is 15.9 Å². The first kappa shape index (κ1) is 14.8. The molecule has 0 saturated carbocycles. The van der Waals surface area contributed by atoms with E-state index in [-0.39, 0.29) is 5.56 Å². The van der Waals surface area contributed by atoms with Gasteiger partial charge in [0.25, 0.3) is 5.56 Å². The minimum atomic E-state index is -0.0822. The van der Waals surface area contributed by atoms with E-state index in [1.807, 2.05) is 36.2 Å². The maximum absolute atomic E-state index is 12.1. The van der Waals surface area contributed by atoms with Crippen molar-refractivity contribution in [3.05, 3.63) is 56.9 Å². The van der Waals surface area contributed by atoms with Gasteiger partial charge in [-0.15, -0.1) is 0 Å². The largest absolute Gasteiger partial charge is 0.373 e. The third kappa shape index (κ3) is 3.48. The zero-order valence-electron chi connectivity index (χ0n) is 11.7. The molecule has 0 aliphatic heterocycles. The minimum absolute atomic E-state index is 0.0822. The number of aromatic nitrogens is 2. The first-order valence-corrected chi connectivity index (χ1v) is 7.43. The van der Waals surface area contributed by atoms with Crippen molar-refractivity contribution in [1.29, 1.82) is 0 Å². The fourth-order valence-electron chi connectivity index (χ4n) is 2.00. The van der Waals surface area contributed by atoms with E-state index in [1.165, 1.54) is 4.68 Å². The number of anilines is 1. The van der Waals surface area contributed by atoms with Gasteiger partial charge in [-0.3, -0.25) is 4.79 Å². The minimum Gasteiger partial charge on any atom is -0.373 e. The Morgan fingerprint density at radius 2 is 2.10 bits per heavy atom. The van der Waals surface area contributed by atoms with E-state index in [0.29, 0.717) is 6.54 Å². The molecule has 20 heavy (non-hydrogen) atoms. The Morgan fingerprint density at radius 3 is 2.75 bits per heavy atom. The van der Waals surface area contributed by atoms with Gasteiger partial charge in [-0.05, 0) is 18.1 Å². The van der Waals surface area contributed by atoms with Crippen molar-refractivity contribution in [2.24, 2.45) is 0 Å². The average molecular weight is 336 g/mol. The Balaban J connectivity index is 2.23. The summed E-state index contributed by atoms with van der Waals surface area (Å²) in [5, 5.41) is 4.26. The monoisotopic (exact) mass is 335 g/mol. The molecule has 0 fully saturated rings. The molecule has 2 aromatic rings. The molecule has 106 valence electrons. The van der Waals surface area contributed by atoms with Crippen molar-refractivity contribution in [3.8, 4) is 0 Å². The highest BCUT2D eigenvalue weighted by Gasteiger charge is 2.06. The molecule has 1 aromatic heterocycles. The summed E-state index contributed by atoms with van der Waals surface area (Å²) < 4.78 is 2.46. The zero-order valence-corrected chi connectivity index (χ0v) is 13.3. The van der Waals surface area contributed by atoms with Crippen LogP contribution in [0.4, 0.5) is 5.69 Å². The Hall–Kier alpha value is -1.62. The van der Waals surface area contributed by atoms with Gasteiger partial charge in [0.05, 0.1) is 18.4 Å². The van der Waals surface area contributed by atoms with E-state index in [1.54, 1.807) is 12.3 Å². The van der Waals surface area contributed by atoms with Gasteiger partial charge in [0.15, 0.2) is 0 Å². The van der Waals surface area contributed by atoms with Crippen LogP contribution in [0, 0.1) is 0 Å². The van der Waals surface area contributed by atoms with E-state index in [2.05, 4.69) is 28.0 Å². The fourth-order valence-corrected chi connectivity index (χ4v) is 2.41. The lowest BCUT2D eigenvalue weighted by Crippen LogP contribution is -2.26. The van der Waals surface area contributed by atoms with Crippen LogP contribution in [0.3, 0.4) is 0 Å². The molecule has 0 unspecified atom stereocenters. The predicted molar refractivity (Wildman–Crippen MR) is 85.3 cm³/mol. The molecule has 1 heterocycles. The molecule has 0 aliphatic carbocycles. The highest BCUT2D eigenvalue weighted by atomic mass is 79.9. The van der Waals surface area contributed by atoms with Crippen molar-refractivity contribution in [2.75, 3.05) is 18.5 Å². The smallest absolute Gasteiger partial charge is 0.269 e. The van der Waals surface area contributed by atoms with Crippen LogP contribution in [0.5, 0.6) is 0 Å². The number of halogens is 1. The summed E-state index contributed by atoms with van der Waals surface area (Å²) in [6, 6.07) is 9.49. The standard InChI is InChI=1S/C15H18BrN3O/c1-3-8-18(2)13-9-15(20)19(17-10-13)11-12-6-4-5-7-14(12)16/h4-7,9-10H,3,8,11H2,1-2H3. The van der Waals surface area contributed by atoms with Crippen molar-refractivity contribution in [3.63, 3.8) is 0 Å². The molecule has 0 N–H and O–H groups in total. The summed E-state index contributed by atoms with van der Waals surface area (Å²) >= 11 is 3.49. The number of benzene rings is 1. The number of hydrogen-bond acceptors (Lipinski definition) is 3. The molecular weight excluding hydrogens is 318 g/mol. The normalized spacial score (nSPS) is 10.6. The van der Waals surface area contributed by atoms with Gasteiger partial charge < -0.3 is 4.90 Å². The van der Waals surface area contributed by atoms with Crippen molar-refractivity contribution in [1.82, 2.24) is 9.78 Å². The van der Waals surface area contributed by atoms with Crippen LogP contribution in [0.15, 0.2) is 45.8 Å². The van der Waals surface area contributed by atoms with Crippen LogP contribution in [-0.2, 0) is 6.54 Å². The zero-order chi connectivity index (χ0) is 14.5. The Morgan fingerprint density at radius 1 is 1.35 bits per heavy atom. The van der Waals surface area contributed by atoms with E-state index >= 15 is 0 Å². The molecule has 0 aliphatic rings. The van der Waals surface area contributed by atoms with Crippen molar-refractivity contribution >= 4 is 21.6 Å². The summed E-state index contributed by atoms with van der Waals surface area (Å²) in [5.74, 6) is 0. The van der Waals surface area contributed by atoms with E-state index < -0.39 is 0 Å². The van der Waals surface area contributed by atoms with E-state index in [4.69, 9.17) is 0 Å². The Kier molecular flexibility index (Phi) is 4.95. The highest BCUT2D eigenvalue weighted by Crippen LogP contribution is 2.16. The van der Waals surface area contributed by atoms with Gasteiger partial charge in [0, 0.05) is 24.1 Å². The lowest BCUT2D eigenvalue weighted by Gasteiger charge is -2.18. The second kappa shape index (κ2) is 6.70.